The van der Waals surface area contributed by atoms with Crippen LogP contribution in [0.15, 0.2) is 47.6 Å². The molecule has 8 heteroatoms. The number of nitrogens with one attached hydrogen (secondary N) is 1. The van der Waals surface area contributed by atoms with Crippen molar-refractivity contribution in [1.29, 1.82) is 0 Å². The Hall–Kier alpha value is -2.32. The number of sulfonamides is 1. The van der Waals surface area contributed by atoms with Crippen LogP contribution in [0.1, 0.15) is 13.8 Å². The van der Waals surface area contributed by atoms with E-state index in [0.29, 0.717) is 11.4 Å². The Kier molecular flexibility index (Phi) is 4.47. The highest BCUT2D eigenvalue weighted by molar-refractivity contribution is 7.92. The van der Waals surface area contributed by atoms with Gasteiger partial charge in [-0.15, -0.1) is 0 Å². The van der Waals surface area contributed by atoms with Gasteiger partial charge in [-0.05, 0) is 38.1 Å². The molecular formula is C19H24N4O3S. The van der Waals surface area contributed by atoms with Crippen molar-refractivity contribution in [2.75, 3.05) is 41.9 Å². The topological polar surface area (TPSA) is 74.8 Å². The number of ether oxygens (including phenoxy) is 1. The van der Waals surface area contributed by atoms with Crippen LogP contribution in [-0.4, -0.2) is 51.7 Å². The zero-order valence-corrected chi connectivity index (χ0v) is 16.4. The van der Waals surface area contributed by atoms with E-state index in [-0.39, 0.29) is 11.4 Å². The van der Waals surface area contributed by atoms with Crippen LogP contribution in [0.5, 0.6) is 5.75 Å². The van der Waals surface area contributed by atoms with Crippen molar-refractivity contribution in [2.24, 2.45) is 0 Å². The van der Waals surface area contributed by atoms with Crippen molar-refractivity contribution in [3.63, 3.8) is 0 Å². The molecule has 1 aromatic heterocycles. The summed E-state index contributed by atoms with van der Waals surface area (Å²) < 4.78 is 34.4. The average molecular weight is 388 g/mol. The van der Waals surface area contributed by atoms with Gasteiger partial charge in [-0.3, -0.25) is 9.29 Å². The molecule has 2 aliphatic heterocycles. The molecule has 3 heterocycles. The summed E-state index contributed by atoms with van der Waals surface area (Å²) >= 11 is 0. The van der Waals surface area contributed by atoms with E-state index in [9.17, 15) is 8.42 Å². The second-order valence-electron chi connectivity index (χ2n) is 7.42. The number of pyridine rings is 1. The summed E-state index contributed by atoms with van der Waals surface area (Å²) in [5, 5.41) is 3.34. The van der Waals surface area contributed by atoms with Gasteiger partial charge in [0, 0.05) is 38.6 Å². The number of hydrogen-bond acceptors (Lipinski definition) is 6. The highest BCUT2D eigenvalue weighted by atomic mass is 32.2. The molecule has 0 unspecified atom stereocenters. The second kappa shape index (κ2) is 6.69. The van der Waals surface area contributed by atoms with E-state index in [1.54, 1.807) is 18.3 Å². The fourth-order valence-corrected chi connectivity index (χ4v) is 5.13. The molecule has 0 aliphatic carbocycles. The minimum Gasteiger partial charge on any atom is -0.482 e. The van der Waals surface area contributed by atoms with Gasteiger partial charge in [-0.2, -0.15) is 0 Å². The Balaban J connectivity index is 1.83. The molecule has 2 aliphatic rings. The van der Waals surface area contributed by atoms with Crippen molar-refractivity contribution in [2.45, 2.75) is 24.3 Å². The molecule has 144 valence electrons. The molecule has 7 nitrogen and oxygen atoms in total. The van der Waals surface area contributed by atoms with Crippen LogP contribution in [0.2, 0.25) is 0 Å². The number of benzene rings is 1. The molecule has 2 aromatic rings. The highest BCUT2D eigenvalue weighted by Crippen LogP contribution is 2.45. The normalized spacial score (nSPS) is 19.3. The maximum atomic E-state index is 13.3. The third-order valence-electron chi connectivity index (χ3n) is 4.82. The zero-order chi connectivity index (χ0) is 19.1. The SMILES string of the molecule is CC1(C)CN(S(=O)(=O)c2cccnc2)c2cccc(N3CCNCC3)c2O1. The number of hydrogen-bond donors (Lipinski definition) is 1. The van der Waals surface area contributed by atoms with Crippen LogP contribution in [0, 0.1) is 0 Å². The molecule has 1 saturated heterocycles. The molecular weight excluding hydrogens is 364 g/mol. The smallest absolute Gasteiger partial charge is 0.266 e. The predicted molar refractivity (Wildman–Crippen MR) is 105 cm³/mol. The van der Waals surface area contributed by atoms with E-state index in [0.717, 1.165) is 31.9 Å². The van der Waals surface area contributed by atoms with E-state index < -0.39 is 15.6 Å². The first-order chi connectivity index (χ1) is 12.9. The Morgan fingerprint density at radius 3 is 2.56 bits per heavy atom. The number of rotatable bonds is 3. The minimum atomic E-state index is -3.73. The van der Waals surface area contributed by atoms with E-state index in [1.165, 1.54) is 10.5 Å². The zero-order valence-electron chi connectivity index (χ0n) is 15.6. The van der Waals surface area contributed by atoms with E-state index in [4.69, 9.17) is 4.74 Å². The lowest BCUT2D eigenvalue weighted by Gasteiger charge is -2.42. The van der Waals surface area contributed by atoms with Crippen molar-refractivity contribution < 1.29 is 13.2 Å². The van der Waals surface area contributed by atoms with Crippen LogP contribution in [0.25, 0.3) is 0 Å². The van der Waals surface area contributed by atoms with Crippen LogP contribution in [-0.2, 0) is 10.0 Å². The molecule has 0 radical (unpaired) electrons. The minimum absolute atomic E-state index is 0.182. The number of anilines is 2. The molecule has 0 bridgehead atoms. The molecule has 0 atom stereocenters. The predicted octanol–water partition coefficient (Wildman–Crippen LogP) is 1.86. The highest BCUT2D eigenvalue weighted by Gasteiger charge is 2.40. The van der Waals surface area contributed by atoms with Crippen LogP contribution in [0.4, 0.5) is 11.4 Å². The number of fused-ring (bicyclic) bond motifs is 1. The van der Waals surface area contributed by atoms with E-state index in [1.807, 2.05) is 32.0 Å². The van der Waals surface area contributed by atoms with Crippen LogP contribution < -0.4 is 19.3 Å². The van der Waals surface area contributed by atoms with Gasteiger partial charge in [0.05, 0.1) is 17.9 Å². The Morgan fingerprint density at radius 2 is 1.85 bits per heavy atom. The maximum Gasteiger partial charge on any atom is 0.266 e. The monoisotopic (exact) mass is 388 g/mol. The molecule has 0 spiro atoms. The Labute approximate surface area is 160 Å². The summed E-state index contributed by atoms with van der Waals surface area (Å²) in [4.78, 5) is 6.40. The third-order valence-corrected chi connectivity index (χ3v) is 6.57. The number of para-hydroxylation sites is 1. The molecule has 0 amide bonds. The van der Waals surface area contributed by atoms with Crippen molar-refractivity contribution in [3.05, 3.63) is 42.7 Å². The van der Waals surface area contributed by atoms with Gasteiger partial charge in [0.2, 0.25) is 0 Å². The lowest BCUT2D eigenvalue weighted by atomic mass is 10.1. The van der Waals surface area contributed by atoms with E-state index in [2.05, 4.69) is 15.2 Å². The van der Waals surface area contributed by atoms with Crippen LogP contribution in [0.3, 0.4) is 0 Å². The molecule has 1 N–H and O–H groups in total. The number of piperazine rings is 1. The van der Waals surface area contributed by atoms with Gasteiger partial charge >= 0.3 is 0 Å². The first-order valence-corrected chi connectivity index (χ1v) is 10.5. The fourth-order valence-electron chi connectivity index (χ4n) is 3.55. The summed E-state index contributed by atoms with van der Waals surface area (Å²) in [5.41, 5.74) is 0.870. The van der Waals surface area contributed by atoms with Gasteiger partial charge in [0.25, 0.3) is 10.0 Å². The summed E-state index contributed by atoms with van der Waals surface area (Å²) in [6.07, 6.45) is 2.95. The van der Waals surface area contributed by atoms with Crippen LogP contribution >= 0.6 is 0 Å². The van der Waals surface area contributed by atoms with Crippen molar-refractivity contribution in [1.82, 2.24) is 10.3 Å². The van der Waals surface area contributed by atoms with Crippen molar-refractivity contribution in [3.8, 4) is 5.75 Å². The third kappa shape index (κ3) is 3.35. The molecule has 27 heavy (non-hydrogen) atoms. The summed E-state index contributed by atoms with van der Waals surface area (Å²) in [5.74, 6) is 0.628. The summed E-state index contributed by atoms with van der Waals surface area (Å²) in [6.45, 7) is 7.56. The Morgan fingerprint density at radius 1 is 1.11 bits per heavy atom. The molecule has 1 fully saturated rings. The molecule has 1 aromatic carbocycles. The lowest BCUT2D eigenvalue weighted by molar-refractivity contribution is 0.111. The lowest BCUT2D eigenvalue weighted by Crippen LogP contribution is -2.50. The first kappa shape index (κ1) is 18.1. The Bertz CT molecular complexity index is 925. The van der Waals surface area contributed by atoms with Gasteiger partial charge < -0.3 is 15.0 Å². The van der Waals surface area contributed by atoms with Gasteiger partial charge in [-0.1, -0.05) is 6.07 Å². The van der Waals surface area contributed by atoms with Gasteiger partial charge in [-0.25, -0.2) is 8.42 Å². The van der Waals surface area contributed by atoms with Gasteiger partial charge in [0.1, 0.15) is 10.5 Å². The van der Waals surface area contributed by atoms with Crippen molar-refractivity contribution >= 4 is 21.4 Å². The number of nitrogens with zero attached hydrogens (tertiary/aromatic N) is 3. The van der Waals surface area contributed by atoms with E-state index >= 15 is 0 Å². The fraction of sp³-hybridized carbons (Fsp3) is 0.421. The average Bonchev–Trinajstić information content (AvgIpc) is 2.67. The standard InChI is InChI=1S/C19H24N4O3S/c1-19(2)14-23(27(24,25)15-5-4-8-21-13-15)17-7-3-6-16(18(17)26-19)22-11-9-20-10-12-22/h3-8,13,20H,9-12,14H2,1-2H3. The number of aromatic nitrogens is 1. The van der Waals surface area contributed by atoms with Gasteiger partial charge in [0.15, 0.2) is 5.75 Å². The largest absolute Gasteiger partial charge is 0.482 e. The quantitative estimate of drug-likeness (QED) is 0.865. The molecule has 4 rings (SSSR count). The maximum absolute atomic E-state index is 13.3. The first-order valence-electron chi connectivity index (χ1n) is 9.09. The summed E-state index contributed by atoms with van der Waals surface area (Å²) in [7, 11) is -3.73. The summed E-state index contributed by atoms with van der Waals surface area (Å²) in [6, 6.07) is 8.91. The molecule has 0 saturated carbocycles. The second-order valence-corrected chi connectivity index (χ2v) is 9.29.